The van der Waals surface area contributed by atoms with E-state index in [1.54, 1.807) is 28.2 Å². The average Bonchev–Trinajstić information content (AvgIpc) is 2.43. The summed E-state index contributed by atoms with van der Waals surface area (Å²) in [5.41, 5.74) is 2.14. The van der Waals surface area contributed by atoms with Crippen LogP contribution in [0.25, 0.3) is 10.6 Å². The predicted molar refractivity (Wildman–Crippen MR) is 92.2 cm³/mol. The molecule has 0 aliphatic rings. The van der Waals surface area contributed by atoms with E-state index >= 15 is 0 Å². The number of hydrogen-bond donors (Lipinski definition) is 0. The fourth-order valence-electron chi connectivity index (χ4n) is 0.956. The molecular formula is C18H26HfN2. The zero-order valence-corrected chi connectivity index (χ0v) is 17.2. The van der Waals surface area contributed by atoms with Gasteiger partial charge in [-0.25, -0.2) is 0 Å². The van der Waals surface area contributed by atoms with E-state index in [4.69, 9.17) is 0 Å². The second-order valence-electron chi connectivity index (χ2n) is 3.87. The summed E-state index contributed by atoms with van der Waals surface area (Å²) in [4.78, 5) is 0. The molecule has 0 bridgehead atoms. The van der Waals surface area contributed by atoms with Gasteiger partial charge >= 0.3 is 25.8 Å². The van der Waals surface area contributed by atoms with Crippen LogP contribution in [0.4, 0.5) is 0 Å². The predicted octanol–water partition coefficient (Wildman–Crippen LogP) is 4.97. The molecule has 0 unspecified atom stereocenters. The Bertz CT molecular complexity index is 337. The molecule has 0 aliphatic heterocycles. The summed E-state index contributed by atoms with van der Waals surface area (Å²) in [7, 11) is 7.00. The Balaban J connectivity index is -0.000000220. The van der Waals surface area contributed by atoms with Crippen LogP contribution >= 0.6 is 0 Å². The van der Waals surface area contributed by atoms with Gasteiger partial charge in [0, 0.05) is 0 Å². The Morgan fingerprint density at radius 3 is 0.857 bits per heavy atom. The largest absolute Gasteiger partial charge is 4.00 e. The molecule has 0 radical (unpaired) electrons. The molecule has 0 heterocycles. The maximum Gasteiger partial charge on any atom is 4.00 e. The Morgan fingerprint density at radius 1 is 0.571 bits per heavy atom. The molecule has 0 spiro atoms. The van der Waals surface area contributed by atoms with E-state index in [0.29, 0.717) is 0 Å². The molecule has 0 aliphatic carbocycles. The van der Waals surface area contributed by atoms with Crippen LogP contribution in [0.1, 0.15) is 11.1 Å². The van der Waals surface area contributed by atoms with E-state index in [-0.39, 0.29) is 25.8 Å². The monoisotopic (exact) mass is 450 g/mol. The molecule has 0 saturated carbocycles. The molecule has 0 N–H and O–H groups in total. The van der Waals surface area contributed by atoms with Crippen LogP contribution in [-0.2, 0) is 25.8 Å². The molecule has 2 aromatic carbocycles. The van der Waals surface area contributed by atoms with Crippen molar-refractivity contribution in [3.63, 3.8) is 0 Å². The zero-order chi connectivity index (χ0) is 15.6. The topological polar surface area (TPSA) is 28.2 Å². The van der Waals surface area contributed by atoms with E-state index in [1.165, 1.54) is 0 Å². The van der Waals surface area contributed by atoms with Crippen molar-refractivity contribution in [2.45, 2.75) is 0 Å². The molecule has 2 aromatic rings. The summed E-state index contributed by atoms with van der Waals surface area (Å²) in [5, 5.41) is 7.00. The quantitative estimate of drug-likeness (QED) is 0.402. The van der Waals surface area contributed by atoms with Gasteiger partial charge in [-0.05, 0) is 0 Å². The van der Waals surface area contributed by atoms with Gasteiger partial charge in [0.1, 0.15) is 0 Å². The van der Waals surface area contributed by atoms with Crippen LogP contribution < -0.4 is 0 Å². The molecule has 0 atom stereocenters. The van der Waals surface area contributed by atoms with Crippen LogP contribution in [-0.4, -0.2) is 28.2 Å². The second-order valence-corrected chi connectivity index (χ2v) is 3.87. The standard InChI is InChI=1S/2C7H7.2C2H6N.Hf/c2*1-7-5-3-2-4-6-7;2*1-3-2;/h2*2-6H,1H2;2*1-2H3;/q4*-1;+4. The van der Waals surface area contributed by atoms with Crippen molar-refractivity contribution >= 4 is 0 Å². The summed E-state index contributed by atoms with van der Waals surface area (Å²) in [6.45, 7) is 7.44. The Hall–Kier alpha value is -1.03. The first kappa shape index (κ1) is 25.0. The van der Waals surface area contributed by atoms with Gasteiger partial charge in [0.05, 0.1) is 0 Å². The fraction of sp³-hybridized carbons (Fsp3) is 0.222. The van der Waals surface area contributed by atoms with Crippen molar-refractivity contribution in [3.05, 3.63) is 96.3 Å². The number of nitrogens with zero attached hydrogens (tertiary/aromatic N) is 2. The first-order valence-electron chi connectivity index (χ1n) is 6.32. The van der Waals surface area contributed by atoms with Gasteiger partial charge < -0.3 is 10.6 Å². The molecule has 3 heteroatoms. The normalized spacial score (nSPS) is 7.43. The van der Waals surface area contributed by atoms with Crippen LogP contribution in [0.15, 0.2) is 60.7 Å². The van der Waals surface area contributed by atoms with E-state index in [1.807, 2.05) is 60.7 Å². The van der Waals surface area contributed by atoms with E-state index in [2.05, 4.69) is 24.5 Å². The third-order valence-electron chi connectivity index (χ3n) is 1.69. The van der Waals surface area contributed by atoms with Gasteiger partial charge in [-0.1, -0.05) is 12.1 Å². The summed E-state index contributed by atoms with van der Waals surface area (Å²) < 4.78 is 0. The summed E-state index contributed by atoms with van der Waals surface area (Å²) in [6, 6.07) is 19.7. The van der Waals surface area contributed by atoms with E-state index in [9.17, 15) is 0 Å². The molecule has 0 fully saturated rings. The van der Waals surface area contributed by atoms with Crippen molar-refractivity contribution in [1.29, 1.82) is 0 Å². The Labute approximate surface area is 150 Å². The summed E-state index contributed by atoms with van der Waals surface area (Å²) >= 11 is 0. The molecule has 2 nitrogen and oxygen atoms in total. The van der Waals surface area contributed by atoms with Gasteiger partial charge in [0.2, 0.25) is 0 Å². The molecule has 21 heavy (non-hydrogen) atoms. The Kier molecular flexibility index (Phi) is 25.3. The van der Waals surface area contributed by atoms with Crippen molar-refractivity contribution in [2.75, 3.05) is 28.2 Å². The summed E-state index contributed by atoms with van der Waals surface area (Å²) in [5.74, 6) is 0. The average molecular weight is 449 g/mol. The first-order valence-corrected chi connectivity index (χ1v) is 6.32. The summed E-state index contributed by atoms with van der Waals surface area (Å²) in [6.07, 6.45) is 0. The fourth-order valence-corrected chi connectivity index (χ4v) is 0.956. The van der Waals surface area contributed by atoms with Gasteiger partial charge in [-0.2, -0.15) is 77.4 Å². The third-order valence-corrected chi connectivity index (χ3v) is 1.69. The molecule has 112 valence electrons. The number of rotatable bonds is 0. The van der Waals surface area contributed by atoms with Gasteiger partial charge in [-0.3, -0.25) is 0 Å². The minimum atomic E-state index is 0. The third kappa shape index (κ3) is 24.4. The van der Waals surface area contributed by atoms with Crippen molar-refractivity contribution in [3.8, 4) is 0 Å². The van der Waals surface area contributed by atoms with E-state index in [0.717, 1.165) is 11.1 Å². The number of hydrogen-bond acceptors (Lipinski definition) is 0. The van der Waals surface area contributed by atoms with Gasteiger partial charge in [0.15, 0.2) is 0 Å². The minimum Gasteiger partial charge on any atom is -0.668 e. The molecule has 2 rings (SSSR count). The van der Waals surface area contributed by atoms with Gasteiger partial charge in [0.25, 0.3) is 0 Å². The van der Waals surface area contributed by atoms with Crippen LogP contribution in [0.3, 0.4) is 0 Å². The number of benzene rings is 2. The van der Waals surface area contributed by atoms with Crippen LogP contribution in [0, 0.1) is 13.8 Å². The molecular weight excluding hydrogens is 423 g/mol. The van der Waals surface area contributed by atoms with Crippen molar-refractivity contribution in [2.24, 2.45) is 0 Å². The van der Waals surface area contributed by atoms with Crippen molar-refractivity contribution < 1.29 is 25.8 Å². The van der Waals surface area contributed by atoms with Gasteiger partial charge in [-0.15, -0.1) is 24.3 Å². The van der Waals surface area contributed by atoms with Crippen molar-refractivity contribution in [1.82, 2.24) is 0 Å². The minimum absolute atomic E-state index is 0. The van der Waals surface area contributed by atoms with E-state index < -0.39 is 0 Å². The SMILES string of the molecule is C[N-]C.C[N-]C.[CH2-]c1ccccc1.[CH2-]c1ccccc1.[Hf+4]. The van der Waals surface area contributed by atoms with Crippen LogP contribution in [0.5, 0.6) is 0 Å². The first-order chi connectivity index (χ1) is 9.62. The smallest absolute Gasteiger partial charge is 0.668 e. The molecule has 0 aromatic heterocycles. The zero-order valence-electron chi connectivity index (χ0n) is 13.6. The molecule has 0 saturated heterocycles. The molecule has 0 amide bonds. The second kappa shape index (κ2) is 21.3. The maximum atomic E-state index is 3.72. The van der Waals surface area contributed by atoms with Crippen LogP contribution in [0.2, 0.25) is 0 Å². The maximum absolute atomic E-state index is 3.72. The Morgan fingerprint density at radius 2 is 0.762 bits per heavy atom.